The smallest absolute Gasteiger partial charge is 0.244 e. The van der Waals surface area contributed by atoms with E-state index < -0.39 is 6.04 Å². The first-order valence-corrected chi connectivity index (χ1v) is 6.50. The lowest BCUT2D eigenvalue weighted by Gasteiger charge is -2.06. The predicted octanol–water partition coefficient (Wildman–Crippen LogP) is 2.08. The van der Waals surface area contributed by atoms with E-state index in [1.54, 1.807) is 24.5 Å². The molecule has 0 spiro atoms. The molecular weight excluding hydrogens is 268 g/mol. The van der Waals surface area contributed by atoms with Crippen molar-refractivity contribution in [3.63, 3.8) is 0 Å². The van der Waals surface area contributed by atoms with Gasteiger partial charge in [-0.2, -0.15) is 4.98 Å². The highest BCUT2D eigenvalue weighted by Gasteiger charge is 2.16. The number of hydrogen-bond donors (Lipinski definition) is 2. The van der Waals surface area contributed by atoms with Gasteiger partial charge in [0.15, 0.2) is 0 Å². The fourth-order valence-corrected chi connectivity index (χ4v) is 1.97. The number of phenolic OH excluding ortho intramolecular Hbond substituents is 1. The lowest BCUT2D eigenvalue weighted by Crippen LogP contribution is -2.13. The molecule has 3 aromatic rings. The standard InChI is InChI=1S/C15H14N4O2/c16-13(8-10-3-5-12(20)6-4-10)15-18-14(19-21-15)11-2-1-7-17-9-11/h1-7,9,13,20H,8,16H2/t13-/m0/s1. The van der Waals surface area contributed by atoms with Gasteiger partial charge in [0.2, 0.25) is 11.7 Å². The Hall–Kier alpha value is -2.73. The second kappa shape index (κ2) is 5.72. The molecule has 0 bridgehead atoms. The number of rotatable bonds is 4. The topological polar surface area (TPSA) is 98.1 Å². The third-order valence-corrected chi connectivity index (χ3v) is 3.07. The zero-order valence-electron chi connectivity index (χ0n) is 11.2. The van der Waals surface area contributed by atoms with Crippen LogP contribution < -0.4 is 5.73 Å². The highest BCUT2D eigenvalue weighted by molar-refractivity contribution is 5.51. The number of aromatic hydroxyl groups is 1. The molecule has 0 saturated carbocycles. The molecule has 3 rings (SSSR count). The average Bonchev–Trinajstić information content (AvgIpc) is 3.00. The molecule has 0 aliphatic carbocycles. The molecule has 21 heavy (non-hydrogen) atoms. The Balaban J connectivity index is 1.75. The molecule has 0 aliphatic rings. The quantitative estimate of drug-likeness (QED) is 0.760. The van der Waals surface area contributed by atoms with E-state index >= 15 is 0 Å². The maximum Gasteiger partial charge on any atom is 0.244 e. The summed E-state index contributed by atoms with van der Waals surface area (Å²) >= 11 is 0. The number of hydrogen-bond acceptors (Lipinski definition) is 6. The summed E-state index contributed by atoms with van der Waals surface area (Å²) in [5.74, 6) is 1.07. The van der Waals surface area contributed by atoms with Crippen LogP contribution in [0.5, 0.6) is 5.75 Å². The number of phenols is 1. The Morgan fingerprint density at radius 1 is 1.19 bits per heavy atom. The third-order valence-electron chi connectivity index (χ3n) is 3.07. The molecule has 0 radical (unpaired) electrons. The van der Waals surface area contributed by atoms with Crippen molar-refractivity contribution < 1.29 is 9.63 Å². The Kier molecular flexibility index (Phi) is 3.61. The van der Waals surface area contributed by atoms with Crippen molar-refractivity contribution in [2.45, 2.75) is 12.5 Å². The van der Waals surface area contributed by atoms with E-state index in [-0.39, 0.29) is 5.75 Å². The zero-order chi connectivity index (χ0) is 14.7. The maximum absolute atomic E-state index is 9.26. The van der Waals surface area contributed by atoms with Gasteiger partial charge in [-0.25, -0.2) is 0 Å². The normalized spacial score (nSPS) is 12.2. The van der Waals surface area contributed by atoms with Crippen LogP contribution in [0.25, 0.3) is 11.4 Å². The molecule has 0 fully saturated rings. The molecule has 2 heterocycles. The molecule has 6 nitrogen and oxygen atoms in total. The van der Waals surface area contributed by atoms with Crippen molar-refractivity contribution in [2.75, 3.05) is 0 Å². The van der Waals surface area contributed by atoms with Gasteiger partial charge in [0.25, 0.3) is 0 Å². The maximum atomic E-state index is 9.26. The van der Waals surface area contributed by atoms with E-state index in [0.29, 0.717) is 18.1 Å². The van der Waals surface area contributed by atoms with Gasteiger partial charge in [0.05, 0.1) is 6.04 Å². The van der Waals surface area contributed by atoms with E-state index in [1.807, 2.05) is 24.3 Å². The number of aromatic nitrogens is 3. The van der Waals surface area contributed by atoms with Crippen LogP contribution in [0.4, 0.5) is 0 Å². The fraction of sp³-hybridized carbons (Fsp3) is 0.133. The molecule has 3 N–H and O–H groups in total. The van der Waals surface area contributed by atoms with Gasteiger partial charge in [0.1, 0.15) is 5.75 Å². The molecule has 2 aromatic heterocycles. The van der Waals surface area contributed by atoms with E-state index in [0.717, 1.165) is 11.1 Å². The van der Waals surface area contributed by atoms with Crippen molar-refractivity contribution in [3.8, 4) is 17.1 Å². The average molecular weight is 282 g/mol. The van der Waals surface area contributed by atoms with Gasteiger partial charge in [-0.1, -0.05) is 17.3 Å². The molecular formula is C15H14N4O2. The summed E-state index contributed by atoms with van der Waals surface area (Å²) in [6, 6.07) is 10.1. The highest BCUT2D eigenvalue weighted by atomic mass is 16.5. The van der Waals surface area contributed by atoms with E-state index in [2.05, 4.69) is 15.1 Å². The van der Waals surface area contributed by atoms with Crippen LogP contribution >= 0.6 is 0 Å². The van der Waals surface area contributed by atoms with Crippen molar-refractivity contribution in [2.24, 2.45) is 5.73 Å². The van der Waals surface area contributed by atoms with Gasteiger partial charge in [0, 0.05) is 18.0 Å². The van der Waals surface area contributed by atoms with Crippen molar-refractivity contribution in [1.82, 2.24) is 15.1 Å². The second-order valence-corrected chi connectivity index (χ2v) is 4.67. The molecule has 1 aromatic carbocycles. The molecule has 0 unspecified atom stereocenters. The Morgan fingerprint density at radius 3 is 2.71 bits per heavy atom. The van der Waals surface area contributed by atoms with Gasteiger partial charge in [-0.15, -0.1) is 0 Å². The van der Waals surface area contributed by atoms with Gasteiger partial charge >= 0.3 is 0 Å². The molecule has 0 aliphatic heterocycles. The Morgan fingerprint density at radius 2 is 2.00 bits per heavy atom. The molecule has 6 heteroatoms. The van der Waals surface area contributed by atoms with Crippen LogP contribution in [0, 0.1) is 0 Å². The first-order valence-electron chi connectivity index (χ1n) is 6.50. The third kappa shape index (κ3) is 3.06. The van der Waals surface area contributed by atoms with E-state index in [1.165, 1.54) is 0 Å². The molecule has 1 atom stereocenters. The first kappa shape index (κ1) is 13.3. The Labute approximate surface area is 121 Å². The number of pyridine rings is 1. The van der Waals surface area contributed by atoms with Gasteiger partial charge in [-0.3, -0.25) is 4.98 Å². The summed E-state index contributed by atoms with van der Waals surface area (Å²) in [5.41, 5.74) is 7.85. The summed E-state index contributed by atoms with van der Waals surface area (Å²) in [5, 5.41) is 13.2. The number of benzene rings is 1. The second-order valence-electron chi connectivity index (χ2n) is 4.67. The summed E-state index contributed by atoms with van der Waals surface area (Å²) in [6.45, 7) is 0. The van der Waals surface area contributed by atoms with E-state index in [4.69, 9.17) is 10.3 Å². The summed E-state index contributed by atoms with van der Waals surface area (Å²) in [6.07, 6.45) is 3.90. The SMILES string of the molecule is N[C@@H](Cc1ccc(O)cc1)c1nc(-c2cccnc2)no1. The van der Waals surface area contributed by atoms with E-state index in [9.17, 15) is 5.11 Å². The van der Waals surface area contributed by atoms with Crippen molar-refractivity contribution >= 4 is 0 Å². The molecule has 0 saturated heterocycles. The minimum absolute atomic E-state index is 0.226. The molecule has 106 valence electrons. The highest BCUT2D eigenvalue weighted by Crippen LogP contribution is 2.20. The molecule has 0 amide bonds. The van der Waals surface area contributed by atoms with Crippen LogP contribution in [-0.2, 0) is 6.42 Å². The minimum Gasteiger partial charge on any atom is -0.508 e. The lowest BCUT2D eigenvalue weighted by molar-refractivity contribution is 0.354. The summed E-state index contributed by atoms with van der Waals surface area (Å²) in [7, 11) is 0. The fourth-order valence-electron chi connectivity index (χ4n) is 1.97. The van der Waals surface area contributed by atoms with Crippen LogP contribution in [0.1, 0.15) is 17.5 Å². The number of nitrogens with two attached hydrogens (primary N) is 1. The van der Waals surface area contributed by atoms with Crippen LogP contribution in [0.2, 0.25) is 0 Å². The van der Waals surface area contributed by atoms with Crippen LogP contribution in [0.15, 0.2) is 53.3 Å². The summed E-state index contributed by atoms with van der Waals surface area (Å²) in [4.78, 5) is 8.32. The summed E-state index contributed by atoms with van der Waals surface area (Å²) < 4.78 is 5.21. The van der Waals surface area contributed by atoms with Crippen LogP contribution in [0.3, 0.4) is 0 Å². The Bertz CT molecular complexity index is 710. The number of nitrogens with zero attached hydrogens (tertiary/aromatic N) is 3. The predicted molar refractivity (Wildman–Crippen MR) is 76.3 cm³/mol. The van der Waals surface area contributed by atoms with Gasteiger partial charge < -0.3 is 15.4 Å². The monoisotopic (exact) mass is 282 g/mol. The van der Waals surface area contributed by atoms with Crippen molar-refractivity contribution in [1.29, 1.82) is 0 Å². The van der Waals surface area contributed by atoms with Gasteiger partial charge in [-0.05, 0) is 36.2 Å². The van der Waals surface area contributed by atoms with Crippen molar-refractivity contribution in [3.05, 3.63) is 60.2 Å². The zero-order valence-corrected chi connectivity index (χ0v) is 11.2. The largest absolute Gasteiger partial charge is 0.508 e. The minimum atomic E-state index is -0.396. The first-order chi connectivity index (χ1) is 10.2. The van der Waals surface area contributed by atoms with Crippen LogP contribution in [-0.4, -0.2) is 20.2 Å². The lowest BCUT2D eigenvalue weighted by atomic mass is 10.1.